The molecule has 1 aliphatic carbocycles. The third-order valence-corrected chi connectivity index (χ3v) is 3.80. The molecular weight excluding hydrogens is 244 g/mol. The van der Waals surface area contributed by atoms with Gasteiger partial charge in [-0.05, 0) is 36.6 Å². The minimum atomic E-state index is -0.365. The molecule has 2 aliphatic rings. The van der Waals surface area contributed by atoms with Crippen LogP contribution in [0, 0.1) is 0 Å². The van der Waals surface area contributed by atoms with Crippen molar-refractivity contribution in [1.82, 2.24) is 4.90 Å². The maximum absolute atomic E-state index is 11.8. The topological polar surface area (TPSA) is 62.1 Å². The zero-order valence-corrected chi connectivity index (χ0v) is 10.8. The summed E-state index contributed by atoms with van der Waals surface area (Å²) in [7, 11) is 1.79. The third-order valence-electron chi connectivity index (χ3n) is 3.80. The normalized spacial score (nSPS) is 24.1. The van der Waals surface area contributed by atoms with Gasteiger partial charge in [0.15, 0.2) is 6.10 Å². The molecule has 0 radical (unpaired) electrons. The van der Waals surface area contributed by atoms with Crippen molar-refractivity contribution in [2.45, 2.75) is 25.4 Å². The molecule has 1 heterocycles. The van der Waals surface area contributed by atoms with E-state index in [4.69, 9.17) is 9.94 Å². The number of rotatable bonds is 2. The lowest BCUT2D eigenvalue weighted by Crippen LogP contribution is -2.29. The Bertz CT molecular complexity index is 554. The molecule has 0 saturated carbocycles. The second-order valence-electron chi connectivity index (χ2n) is 5.02. The van der Waals surface area contributed by atoms with Gasteiger partial charge in [-0.2, -0.15) is 0 Å². The molecular formula is C14H16N2O3. The highest BCUT2D eigenvalue weighted by atomic mass is 16.5. The van der Waals surface area contributed by atoms with E-state index < -0.39 is 0 Å². The van der Waals surface area contributed by atoms with Crippen molar-refractivity contribution in [1.29, 1.82) is 0 Å². The van der Waals surface area contributed by atoms with Crippen LogP contribution in [0.1, 0.15) is 24.0 Å². The first-order chi connectivity index (χ1) is 9.19. The van der Waals surface area contributed by atoms with Crippen molar-refractivity contribution in [3.05, 3.63) is 29.3 Å². The predicted molar refractivity (Wildman–Crippen MR) is 69.8 cm³/mol. The van der Waals surface area contributed by atoms with Gasteiger partial charge in [0.25, 0.3) is 5.91 Å². The molecule has 1 atom stereocenters. The number of hydrogen-bond acceptors (Lipinski definition) is 4. The van der Waals surface area contributed by atoms with Crippen LogP contribution in [0.2, 0.25) is 0 Å². The number of oxime groups is 1. The fourth-order valence-corrected chi connectivity index (χ4v) is 2.69. The molecule has 1 unspecified atom stereocenters. The molecule has 0 aromatic heterocycles. The van der Waals surface area contributed by atoms with Gasteiger partial charge in [-0.15, -0.1) is 0 Å². The van der Waals surface area contributed by atoms with Crippen molar-refractivity contribution in [2.75, 3.05) is 13.6 Å². The highest BCUT2D eigenvalue weighted by Gasteiger charge is 2.31. The van der Waals surface area contributed by atoms with Gasteiger partial charge in [0.05, 0.1) is 5.71 Å². The molecule has 5 heteroatoms. The van der Waals surface area contributed by atoms with Gasteiger partial charge in [0, 0.05) is 25.6 Å². The summed E-state index contributed by atoms with van der Waals surface area (Å²) in [5, 5.41) is 12.2. The largest absolute Gasteiger partial charge is 0.481 e. The standard InChI is InChI=1S/C14H16N2O3/c1-16-7-6-13(14(16)17)19-10-3-4-11-9(8-10)2-5-12(11)15-18/h3-4,8,13,18H,2,5-7H2,1H3/b15-12+. The van der Waals surface area contributed by atoms with E-state index >= 15 is 0 Å². The van der Waals surface area contributed by atoms with E-state index in [9.17, 15) is 4.79 Å². The Hall–Kier alpha value is -2.04. The Morgan fingerprint density at radius 2 is 2.26 bits per heavy atom. The van der Waals surface area contributed by atoms with Gasteiger partial charge in [-0.3, -0.25) is 4.79 Å². The molecule has 1 fully saturated rings. The van der Waals surface area contributed by atoms with Crippen molar-refractivity contribution in [3.63, 3.8) is 0 Å². The molecule has 3 rings (SSSR count). The summed E-state index contributed by atoms with van der Waals surface area (Å²) in [6.07, 6.45) is 1.97. The van der Waals surface area contributed by atoms with Gasteiger partial charge in [0.1, 0.15) is 5.75 Å². The quantitative estimate of drug-likeness (QED) is 0.646. The summed E-state index contributed by atoms with van der Waals surface area (Å²) in [6, 6.07) is 5.68. The minimum absolute atomic E-state index is 0.0399. The highest BCUT2D eigenvalue weighted by molar-refractivity contribution is 6.04. The summed E-state index contributed by atoms with van der Waals surface area (Å²) >= 11 is 0. The zero-order chi connectivity index (χ0) is 13.4. The molecule has 1 N–H and O–H groups in total. The maximum Gasteiger partial charge on any atom is 0.263 e. The number of aryl methyl sites for hydroxylation is 1. The Morgan fingerprint density at radius 1 is 1.42 bits per heavy atom. The third kappa shape index (κ3) is 2.05. The van der Waals surface area contributed by atoms with E-state index in [2.05, 4.69) is 5.16 Å². The van der Waals surface area contributed by atoms with E-state index in [1.54, 1.807) is 11.9 Å². The monoisotopic (exact) mass is 260 g/mol. The molecule has 100 valence electrons. The fourth-order valence-electron chi connectivity index (χ4n) is 2.69. The van der Waals surface area contributed by atoms with Crippen molar-refractivity contribution in [2.24, 2.45) is 5.16 Å². The molecule has 1 saturated heterocycles. The number of nitrogens with zero attached hydrogens (tertiary/aromatic N) is 2. The minimum Gasteiger partial charge on any atom is -0.481 e. The summed E-state index contributed by atoms with van der Waals surface area (Å²) < 4.78 is 5.76. The van der Waals surface area contributed by atoms with Crippen molar-refractivity contribution < 1.29 is 14.7 Å². The molecule has 0 bridgehead atoms. The Labute approximate surface area is 111 Å². The molecule has 1 aromatic carbocycles. The average Bonchev–Trinajstić information content (AvgIpc) is 2.96. The van der Waals surface area contributed by atoms with Crippen LogP contribution in [0.25, 0.3) is 0 Å². The first-order valence-electron chi connectivity index (χ1n) is 6.45. The molecule has 1 amide bonds. The number of fused-ring (bicyclic) bond motifs is 1. The maximum atomic E-state index is 11.8. The Balaban J connectivity index is 1.79. The van der Waals surface area contributed by atoms with Crippen LogP contribution in [0.5, 0.6) is 5.75 Å². The van der Waals surface area contributed by atoms with Crippen molar-refractivity contribution in [3.8, 4) is 5.75 Å². The molecule has 5 nitrogen and oxygen atoms in total. The average molecular weight is 260 g/mol. The van der Waals surface area contributed by atoms with E-state index in [1.165, 1.54) is 0 Å². The predicted octanol–water partition coefficient (Wildman–Crippen LogP) is 1.42. The number of amides is 1. The van der Waals surface area contributed by atoms with Gasteiger partial charge < -0.3 is 14.8 Å². The number of carbonyl (C=O) groups excluding carboxylic acids is 1. The van der Waals surface area contributed by atoms with Crippen molar-refractivity contribution >= 4 is 11.6 Å². The summed E-state index contributed by atoms with van der Waals surface area (Å²) in [6.45, 7) is 0.746. The smallest absolute Gasteiger partial charge is 0.263 e. The Kier molecular flexibility index (Phi) is 2.89. The number of carbonyl (C=O) groups is 1. The second-order valence-corrected chi connectivity index (χ2v) is 5.02. The highest BCUT2D eigenvalue weighted by Crippen LogP contribution is 2.28. The molecule has 19 heavy (non-hydrogen) atoms. The van der Waals surface area contributed by atoms with Gasteiger partial charge >= 0.3 is 0 Å². The summed E-state index contributed by atoms with van der Waals surface area (Å²) in [5.41, 5.74) is 2.81. The van der Waals surface area contributed by atoms with Crippen LogP contribution in [0.4, 0.5) is 0 Å². The second kappa shape index (κ2) is 4.57. The Morgan fingerprint density at radius 3 is 2.95 bits per heavy atom. The summed E-state index contributed by atoms with van der Waals surface area (Å²) in [4.78, 5) is 13.5. The van der Waals surface area contributed by atoms with Crippen LogP contribution in [-0.4, -0.2) is 41.4 Å². The molecule has 0 spiro atoms. The molecule has 1 aliphatic heterocycles. The van der Waals surface area contributed by atoms with Crippen LogP contribution in [0.3, 0.4) is 0 Å². The van der Waals surface area contributed by atoms with E-state index in [0.717, 1.165) is 42.6 Å². The number of hydrogen-bond donors (Lipinski definition) is 1. The van der Waals surface area contributed by atoms with Crippen LogP contribution < -0.4 is 4.74 Å². The SMILES string of the molecule is CN1CCC(Oc2ccc3c(c2)CC/C3=N\O)C1=O. The first-order valence-corrected chi connectivity index (χ1v) is 6.45. The van der Waals surface area contributed by atoms with Gasteiger partial charge in [-0.1, -0.05) is 5.16 Å². The van der Waals surface area contributed by atoms with Crippen LogP contribution in [-0.2, 0) is 11.2 Å². The van der Waals surface area contributed by atoms with Gasteiger partial charge in [-0.25, -0.2) is 0 Å². The number of ether oxygens (including phenoxy) is 1. The lowest BCUT2D eigenvalue weighted by atomic mass is 10.1. The fraction of sp³-hybridized carbons (Fsp3) is 0.429. The van der Waals surface area contributed by atoms with Gasteiger partial charge in [0.2, 0.25) is 0 Å². The van der Waals surface area contributed by atoms with Crippen LogP contribution in [0.15, 0.2) is 23.4 Å². The van der Waals surface area contributed by atoms with E-state index in [0.29, 0.717) is 5.75 Å². The van der Waals surface area contributed by atoms with Crippen LogP contribution >= 0.6 is 0 Å². The first kappa shape index (κ1) is 12.0. The lowest BCUT2D eigenvalue weighted by molar-refractivity contribution is -0.132. The zero-order valence-electron chi connectivity index (χ0n) is 10.8. The number of benzene rings is 1. The lowest BCUT2D eigenvalue weighted by Gasteiger charge is -2.13. The number of likely N-dealkylation sites (tertiary alicyclic amines) is 1. The van der Waals surface area contributed by atoms with E-state index in [-0.39, 0.29) is 12.0 Å². The molecule has 1 aromatic rings. The summed E-state index contributed by atoms with van der Waals surface area (Å²) in [5.74, 6) is 0.754. The number of likely N-dealkylation sites (N-methyl/N-ethyl adjacent to an activating group) is 1. The van der Waals surface area contributed by atoms with E-state index in [1.807, 2.05) is 18.2 Å².